The fourth-order valence-corrected chi connectivity index (χ4v) is 2.70. The second-order valence-electron chi connectivity index (χ2n) is 5.30. The quantitative estimate of drug-likeness (QED) is 0.791. The van der Waals surface area contributed by atoms with Gasteiger partial charge in [0.2, 0.25) is 0 Å². The summed E-state index contributed by atoms with van der Waals surface area (Å²) in [4.78, 5) is 24.2. The molecule has 0 bridgehead atoms. The topological polar surface area (TPSA) is 71.1 Å². The SMILES string of the molecule is O=C1O[B-]2(OC(=O)[C@@H](c3ccccc3)O2)O[C@@H]1c1ccccc1. The minimum atomic E-state index is -2.87. The Labute approximate surface area is 132 Å². The van der Waals surface area contributed by atoms with Gasteiger partial charge in [0.15, 0.2) is 0 Å². The standard InChI is InChI=1S/C16H12BO6/c18-15-13(11-7-3-1-4-8-11)20-17(22-15)21-14(16(19)23-17)12-9-5-2-6-10-12/h1-10,13-14H/q-1/t13-,14-,17?/m1/s1. The lowest BCUT2D eigenvalue weighted by molar-refractivity contribution is -0.138. The van der Waals surface area contributed by atoms with Crippen molar-refractivity contribution >= 4 is 18.9 Å². The first-order valence-corrected chi connectivity index (χ1v) is 7.21. The number of carbonyl (C=O) groups excluding carboxylic acids is 2. The Morgan fingerprint density at radius 3 is 1.43 bits per heavy atom. The molecule has 2 fully saturated rings. The molecule has 2 aromatic rings. The van der Waals surface area contributed by atoms with E-state index in [1.54, 1.807) is 48.5 Å². The van der Waals surface area contributed by atoms with Crippen molar-refractivity contribution in [3.8, 4) is 0 Å². The number of hydrogen-bond acceptors (Lipinski definition) is 6. The van der Waals surface area contributed by atoms with Crippen molar-refractivity contribution in [1.82, 2.24) is 0 Å². The lowest BCUT2D eigenvalue weighted by atomic mass is 10.1. The Kier molecular flexibility index (Phi) is 3.18. The molecule has 2 aromatic carbocycles. The third kappa shape index (κ3) is 2.40. The van der Waals surface area contributed by atoms with E-state index in [0.29, 0.717) is 11.1 Å². The van der Waals surface area contributed by atoms with Crippen LogP contribution >= 0.6 is 0 Å². The third-order valence-corrected chi connectivity index (χ3v) is 3.76. The maximum Gasteiger partial charge on any atom is 0.657 e. The van der Waals surface area contributed by atoms with Gasteiger partial charge >= 0.3 is 6.96 Å². The van der Waals surface area contributed by atoms with Crippen molar-refractivity contribution in [3.05, 3.63) is 71.8 Å². The van der Waals surface area contributed by atoms with Gasteiger partial charge in [-0.1, -0.05) is 60.7 Å². The van der Waals surface area contributed by atoms with Crippen LogP contribution in [0.1, 0.15) is 23.3 Å². The molecule has 0 aromatic heterocycles. The van der Waals surface area contributed by atoms with Crippen LogP contribution in [0, 0.1) is 0 Å². The summed E-state index contributed by atoms with van der Waals surface area (Å²) in [5.41, 5.74) is 1.22. The Bertz CT molecular complexity index is 682. The fourth-order valence-electron chi connectivity index (χ4n) is 2.70. The molecular weight excluding hydrogens is 299 g/mol. The first kappa shape index (κ1) is 14.0. The zero-order chi connectivity index (χ0) is 15.9. The van der Waals surface area contributed by atoms with E-state index in [2.05, 4.69) is 0 Å². The Morgan fingerprint density at radius 2 is 1.04 bits per heavy atom. The molecule has 2 saturated heterocycles. The minimum absolute atomic E-state index is 0.610. The van der Waals surface area contributed by atoms with Crippen molar-refractivity contribution in [1.29, 1.82) is 0 Å². The van der Waals surface area contributed by atoms with Crippen LogP contribution in [0.5, 0.6) is 0 Å². The summed E-state index contributed by atoms with van der Waals surface area (Å²) in [5.74, 6) is -1.28. The predicted molar refractivity (Wildman–Crippen MR) is 78.5 cm³/mol. The molecule has 116 valence electrons. The summed E-state index contributed by atoms with van der Waals surface area (Å²) < 4.78 is 21.4. The molecular formula is C16H12BO6-. The summed E-state index contributed by atoms with van der Waals surface area (Å²) >= 11 is 0. The molecule has 4 rings (SSSR count). The number of carbonyl (C=O) groups is 2. The normalized spacial score (nSPS) is 25.4. The molecule has 7 heteroatoms. The lowest BCUT2D eigenvalue weighted by Gasteiger charge is -2.26. The molecule has 0 N–H and O–H groups in total. The van der Waals surface area contributed by atoms with Crippen LogP contribution in [0.4, 0.5) is 0 Å². The minimum Gasteiger partial charge on any atom is -0.606 e. The second-order valence-corrected chi connectivity index (χ2v) is 5.30. The molecule has 2 atom stereocenters. The summed E-state index contributed by atoms with van der Waals surface area (Å²) in [5, 5.41) is 0. The summed E-state index contributed by atoms with van der Waals surface area (Å²) in [7, 11) is 0. The average Bonchev–Trinajstić information content (AvgIpc) is 3.07. The number of hydrogen-bond donors (Lipinski definition) is 0. The van der Waals surface area contributed by atoms with E-state index in [-0.39, 0.29) is 0 Å². The number of rotatable bonds is 2. The molecule has 0 saturated carbocycles. The zero-order valence-corrected chi connectivity index (χ0v) is 12.0. The van der Waals surface area contributed by atoms with Gasteiger partial charge in [0.1, 0.15) is 12.2 Å². The van der Waals surface area contributed by atoms with Crippen LogP contribution in [0.3, 0.4) is 0 Å². The number of benzene rings is 2. The average molecular weight is 311 g/mol. The Morgan fingerprint density at radius 1 is 0.652 bits per heavy atom. The Balaban J connectivity index is 1.59. The summed E-state index contributed by atoms with van der Waals surface area (Å²) in [6.07, 6.45) is -1.95. The highest BCUT2D eigenvalue weighted by Crippen LogP contribution is 2.41. The molecule has 0 radical (unpaired) electrons. The summed E-state index contributed by atoms with van der Waals surface area (Å²) in [6, 6.07) is 17.7. The van der Waals surface area contributed by atoms with E-state index in [9.17, 15) is 9.59 Å². The van der Waals surface area contributed by atoms with E-state index >= 15 is 0 Å². The van der Waals surface area contributed by atoms with Gasteiger partial charge in [0.05, 0.1) is 0 Å². The van der Waals surface area contributed by atoms with Crippen molar-refractivity contribution in [2.45, 2.75) is 12.2 Å². The highest BCUT2D eigenvalue weighted by Gasteiger charge is 2.57. The van der Waals surface area contributed by atoms with Gasteiger partial charge in [-0.05, 0) is 11.1 Å². The van der Waals surface area contributed by atoms with Crippen molar-refractivity contribution < 1.29 is 28.2 Å². The first-order chi connectivity index (χ1) is 11.2. The van der Waals surface area contributed by atoms with Gasteiger partial charge in [-0.15, -0.1) is 0 Å². The molecule has 0 amide bonds. The van der Waals surface area contributed by atoms with Crippen molar-refractivity contribution in [3.63, 3.8) is 0 Å². The molecule has 2 aliphatic heterocycles. The first-order valence-electron chi connectivity index (χ1n) is 7.21. The van der Waals surface area contributed by atoms with E-state index in [1.807, 2.05) is 12.1 Å². The smallest absolute Gasteiger partial charge is 0.606 e. The second kappa shape index (κ2) is 5.22. The van der Waals surface area contributed by atoms with Gasteiger partial charge in [-0.3, -0.25) is 9.59 Å². The maximum atomic E-state index is 12.1. The van der Waals surface area contributed by atoms with E-state index < -0.39 is 31.1 Å². The van der Waals surface area contributed by atoms with E-state index in [0.717, 1.165) is 0 Å². The van der Waals surface area contributed by atoms with Crippen LogP contribution < -0.4 is 0 Å². The van der Waals surface area contributed by atoms with Crippen LogP contribution in [0.2, 0.25) is 0 Å². The zero-order valence-electron chi connectivity index (χ0n) is 12.0. The molecule has 0 unspecified atom stereocenters. The van der Waals surface area contributed by atoms with E-state index in [4.69, 9.17) is 18.6 Å². The monoisotopic (exact) mass is 311 g/mol. The highest BCUT2D eigenvalue weighted by molar-refractivity contribution is 6.61. The van der Waals surface area contributed by atoms with Gasteiger partial charge in [-0.2, -0.15) is 0 Å². The molecule has 2 aliphatic rings. The van der Waals surface area contributed by atoms with Crippen molar-refractivity contribution in [2.24, 2.45) is 0 Å². The van der Waals surface area contributed by atoms with Gasteiger partial charge < -0.3 is 18.6 Å². The molecule has 2 heterocycles. The maximum absolute atomic E-state index is 12.1. The largest absolute Gasteiger partial charge is 0.657 e. The lowest BCUT2D eigenvalue weighted by Crippen LogP contribution is -2.39. The summed E-state index contributed by atoms with van der Waals surface area (Å²) in [6.45, 7) is -2.87. The third-order valence-electron chi connectivity index (χ3n) is 3.76. The fraction of sp³-hybridized carbons (Fsp3) is 0.125. The predicted octanol–water partition coefficient (Wildman–Crippen LogP) is 2.05. The molecule has 1 spiro atoms. The van der Waals surface area contributed by atoms with Gasteiger partial charge in [0.25, 0.3) is 11.9 Å². The van der Waals surface area contributed by atoms with E-state index in [1.165, 1.54) is 0 Å². The van der Waals surface area contributed by atoms with Crippen LogP contribution in [0.25, 0.3) is 0 Å². The Hall–Kier alpha value is -2.64. The highest BCUT2D eigenvalue weighted by atomic mass is 16.9. The molecule has 23 heavy (non-hydrogen) atoms. The molecule has 6 nitrogen and oxygen atoms in total. The van der Waals surface area contributed by atoms with Gasteiger partial charge in [-0.25, -0.2) is 0 Å². The van der Waals surface area contributed by atoms with Crippen LogP contribution in [-0.4, -0.2) is 18.9 Å². The van der Waals surface area contributed by atoms with Gasteiger partial charge in [0, 0.05) is 0 Å². The van der Waals surface area contributed by atoms with Crippen LogP contribution in [-0.2, 0) is 28.2 Å². The van der Waals surface area contributed by atoms with Crippen LogP contribution in [0.15, 0.2) is 60.7 Å². The van der Waals surface area contributed by atoms with Crippen molar-refractivity contribution in [2.75, 3.05) is 0 Å². The molecule has 0 aliphatic carbocycles.